The number of likely N-dealkylation sites (N-methyl/N-ethyl adjacent to an activating group) is 1. The average molecular weight is 334 g/mol. The van der Waals surface area contributed by atoms with E-state index in [-0.39, 0.29) is 12.5 Å². The number of carbonyl (C=O) groups is 1. The number of aromatic nitrogens is 2. The highest BCUT2D eigenvalue weighted by atomic mass is 32.1. The molecule has 0 unspecified atom stereocenters. The number of amides is 1. The zero-order chi connectivity index (χ0) is 16.7. The summed E-state index contributed by atoms with van der Waals surface area (Å²) in [5, 5.41) is 21.0. The van der Waals surface area contributed by atoms with Gasteiger partial charge >= 0.3 is 0 Å². The van der Waals surface area contributed by atoms with Crippen LogP contribution in [0, 0.1) is 0 Å². The SMILES string of the molecule is CCc1ccc(NC(=O)c2nnc(CN(CC)CCO)s2)cc1. The summed E-state index contributed by atoms with van der Waals surface area (Å²) in [6, 6.07) is 7.77. The molecule has 0 fully saturated rings. The number of carbonyl (C=O) groups excluding carboxylic acids is 1. The molecular formula is C16H22N4O2S. The van der Waals surface area contributed by atoms with E-state index in [2.05, 4.69) is 22.4 Å². The predicted molar refractivity (Wildman–Crippen MR) is 91.7 cm³/mol. The van der Waals surface area contributed by atoms with Crippen molar-refractivity contribution in [3.05, 3.63) is 39.8 Å². The largest absolute Gasteiger partial charge is 0.395 e. The maximum atomic E-state index is 12.2. The lowest BCUT2D eigenvalue weighted by molar-refractivity contribution is 0.102. The Hall–Kier alpha value is -1.83. The number of hydrogen-bond donors (Lipinski definition) is 2. The molecule has 1 heterocycles. The maximum absolute atomic E-state index is 12.2. The minimum absolute atomic E-state index is 0.105. The van der Waals surface area contributed by atoms with Crippen molar-refractivity contribution in [2.45, 2.75) is 26.8 Å². The van der Waals surface area contributed by atoms with E-state index in [0.29, 0.717) is 18.1 Å². The van der Waals surface area contributed by atoms with Gasteiger partial charge in [-0.3, -0.25) is 9.69 Å². The highest BCUT2D eigenvalue weighted by Gasteiger charge is 2.14. The molecule has 0 atom stereocenters. The number of nitrogens with one attached hydrogen (secondary N) is 1. The van der Waals surface area contributed by atoms with Crippen LogP contribution in [0.5, 0.6) is 0 Å². The molecule has 1 aromatic heterocycles. The Morgan fingerprint density at radius 1 is 1.26 bits per heavy atom. The molecule has 2 N–H and O–H groups in total. The minimum atomic E-state index is -0.247. The quantitative estimate of drug-likeness (QED) is 0.773. The monoisotopic (exact) mass is 334 g/mol. The number of aryl methyl sites for hydroxylation is 1. The number of anilines is 1. The van der Waals surface area contributed by atoms with E-state index in [1.807, 2.05) is 36.1 Å². The molecule has 1 aromatic carbocycles. The summed E-state index contributed by atoms with van der Waals surface area (Å²) in [5.41, 5.74) is 1.98. The van der Waals surface area contributed by atoms with Gasteiger partial charge < -0.3 is 10.4 Å². The fourth-order valence-corrected chi connectivity index (χ4v) is 2.88. The average Bonchev–Trinajstić information content (AvgIpc) is 3.04. The van der Waals surface area contributed by atoms with Gasteiger partial charge in [-0.15, -0.1) is 10.2 Å². The Morgan fingerprint density at radius 2 is 2.00 bits per heavy atom. The van der Waals surface area contributed by atoms with Crippen LogP contribution in [0.25, 0.3) is 0 Å². The first-order chi connectivity index (χ1) is 11.2. The van der Waals surface area contributed by atoms with Crippen LogP contribution < -0.4 is 5.32 Å². The predicted octanol–water partition coefficient (Wildman–Crippen LogP) is 2.17. The topological polar surface area (TPSA) is 78.4 Å². The molecule has 0 saturated carbocycles. The summed E-state index contributed by atoms with van der Waals surface area (Å²) in [6.07, 6.45) is 0.968. The fraction of sp³-hybridized carbons (Fsp3) is 0.438. The van der Waals surface area contributed by atoms with Crippen LogP contribution in [-0.2, 0) is 13.0 Å². The van der Waals surface area contributed by atoms with Crippen molar-refractivity contribution in [1.82, 2.24) is 15.1 Å². The van der Waals surface area contributed by atoms with Crippen LogP contribution in [-0.4, -0.2) is 45.8 Å². The number of rotatable bonds is 8. The van der Waals surface area contributed by atoms with E-state index >= 15 is 0 Å². The van der Waals surface area contributed by atoms with Gasteiger partial charge in [0.15, 0.2) is 0 Å². The Morgan fingerprint density at radius 3 is 2.61 bits per heavy atom. The van der Waals surface area contributed by atoms with Gasteiger partial charge in [0, 0.05) is 12.2 Å². The summed E-state index contributed by atoms with van der Waals surface area (Å²) in [4.78, 5) is 14.3. The van der Waals surface area contributed by atoms with Crippen molar-refractivity contribution < 1.29 is 9.90 Å². The Labute approximate surface area is 140 Å². The first-order valence-corrected chi connectivity index (χ1v) is 8.53. The van der Waals surface area contributed by atoms with Crippen molar-refractivity contribution >= 4 is 22.9 Å². The summed E-state index contributed by atoms with van der Waals surface area (Å²) < 4.78 is 0. The number of aliphatic hydroxyl groups is 1. The molecule has 2 rings (SSSR count). The van der Waals surface area contributed by atoms with E-state index < -0.39 is 0 Å². The summed E-state index contributed by atoms with van der Waals surface area (Å²) in [5.74, 6) is -0.247. The number of benzene rings is 1. The van der Waals surface area contributed by atoms with Crippen LogP contribution in [0.1, 0.15) is 34.2 Å². The molecule has 2 aromatic rings. The van der Waals surface area contributed by atoms with Gasteiger partial charge in [-0.05, 0) is 30.7 Å². The van der Waals surface area contributed by atoms with Gasteiger partial charge in [0.2, 0.25) is 5.01 Å². The molecule has 7 heteroatoms. The molecule has 0 spiro atoms. The van der Waals surface area contributed by atoms with Crippen LogP contribution >= 0.6 is 11.3 Å². The van der Waals surface area contributed by atoms with Crippen LogP contribution in [0.2, 0.25) is 0 Å². The van der Waals surface area contributed by atoms with Gasteiger partial charge in [-0.25, -0.2) is 0 Å². The van der Waals surface area contributed by atoms with Crippen molar-refractivity contribution in [1.29, 1.82) is 0 Å². The fourth-order valence-electron chi connectivity index (χ4n) is 2.10. The van der Waals surface area contributed by atoms with Crippen LogP contribution in [0.15, 0.2) is 24.3 Å². The molecule has 0 aliphatic rings. The van der Waals surface area contributed by atoms with Crippen molar-refractivity contribution in [3.8, 4) is 0 Å². The number of hydrogen-bond acceptors (Lipinski definition) is 6. The lowest BCUT2D eigenvalue weighted by Crippen LogP contribution is -2.25. The molecule has 0 bridgehead atoms. The maximum Gasteiger partial charge on any atom is 0.286 e. The number of nitrogens with zero attached hydrogens (tertiary/aromatic N) is 3. The van der Waals surface area contributed by atoms with Gasteiger partial charge in [0.1, 0.15) is 5.01 Å². The van der Waals surface area contributed by atoms with E-state index in [1.165, 1.54) is 16.9 Å². The molecule has 6 nitrogen and oxygen atoms in total. The third kappa shape index (κ3) is 5.09. The Kier molecular flexibility index (Phi) is 6.64. The highest BCUT2D eigenvalue weighted by molar-refractivity contribution is 7.13. The molecule has 0 radical (unpaired) electrons. The lowest BCUT2D eigenvalue weighted by Gasteiger charge is -2.16. The molecule has 0 aliphatic heterocycles. The van der Waals surface area contributed by atoms with E-state index in [4.69, 9.17) is 5.11 Å². The minimum Gasteiger partial charge on any atom is -0.395 e. The van der Waals surface area contributed by atoms with E-state index in [9.17, 15) is 4.79 Å². The molecule has 1 amide bonds. The smallest absolute Gasteiger partial charge is 0.286 e. The second-order valence-electron chi connectivity index (χ2n) is 5.10. The Balaban J connectivity index is 1.97. The van der Waals surface area contributed by atoms with Crippen molar-refractivity contribution in [2.75, 3.05) is 25.0 Å². The highest BCUT2D eigenvalue weighted by Crippen LogP contribution is 2.15. The van der Waals surface area contributed by atoms with Gasteiger partial charge in [0.25, 0.3) is 5.91 Å². The third-order valence-electron chi connectivity index (χ3n) is 3.50. The van der Waals surface area contributed by atoms with E-state index in [0.717, 1.165) is 23.7 Å². The van der Waals surface area contributed by atoms with E-state index in [1.54, 1.807) is 0 Å². The van der Waals surface area contributed by atoms with Gasteiger partial charge in [0.05, 0.1) is 13.2 Å². The van der Waals surface area contributed by atoms with Crippen molar-refractivity contribution in [2.24, 2.45) is 0 Å². The first kappa shape index (κ1) is 17.5. The summed E-state index contributed by atoms with van der Waals surface area (Å²) in [6.45, 7) is 6.20. The lowest BCUT2D eigenvalue weighted by atomic mass is 10.1. The Bertz CT molecular complexity index is 627. The molecule has 124 valence electrons. The summed E-state index contributed by atoms with van der Waals surface area (Å²) in [7, 11) is 0. The van der Waals surface area contributed by atoms with Gasteiger partial charge in [-0.1, -0.05) is 37.3 Å². The zero-order valence-corrected chi connectivity index (χ0v) is 14.3. The molecule has 0 saturated heterocycles. The van der Waals surface area contributed by atoms with Crippen LogP contribution in [0.4, 0.5) is 5.69 Å². The second kappa shape index (κ2) is 8.71. The standard InChI is InChI=1S/C16H22N4O2S/c1-3-12-5-7-13(8-6-12)17-15(22)16-19-18-14(23-16)11-20(4-2)9-10-21/h5-8,21H,3-4,9-11H2,1-2H3,(H,17,22). The zero-order valence-electron chi connectivity index (χ0n) is 13.5. The second-order valence-corrected chi connectivity index (χ2v) is 6.16. The van der Waals surface area contributed by atoms with Crippen LogP contribution in [0.3, 0.4) is 0 Å². The molecule has 23 heavy (non-hydrogen) atoms. The first-order valence-electron chi connectivity index (χ1n) is 7.72. The third-order valence-corrected chi connectivity index (χ3v) is 4.41. The molecule has 0 aliphatic carbocycles. The summed E-state index contributed by atoms with van der Waals surface area (Å²) >= 11 is 1.28. The normalized spacial score (nSPS) is 11.0. The van der Waals surface area contributed by atoms with Gasteiger partial charge in [-0.2, -0.15) is 0 Å². The number of aliphatic hydroxyl groups excluding tert-OH is 1. The van der Waals surface area contributed by atoms with Crippen molar-refractivity contribution in [3.63, 3.8) is 0 Å². The molecular weight excluding hydrogens is 312 g/mol.